The van der Waals surface area contributed by atoms with Gasteiger partial charge in [-0.15, -0.1) is 0 Å². The van der Waals surface area contributed by atoms with Gasteiger partial charge in [-0.05, 0) is 9.78 Å². The Morgan fingerprint density at radius 1 is 1.53 bits per heavy atom. The second kappa shape index (κ2) is 3.88. The first-order chi connectivity index (χ1) is 7.55. The fourth-order valence-electron chi connectivity index (χ4n) is 0.734. The van der Waals surface area contributed by atoms with Crippen LogP contribution in [-0.2, 0) is 9.81 Å². The van der Waals surface area contributed by atoms with Crippen molar-refractivity contribution in [3.8, 4) is 0 Å². The molecule has 1 aromatic heterocycles. The Morgan fingerprint density at radius 3 is 2.47 bits per heavy atom. The molecule has 0 aromatic carbocycles. The van der Waals surface area contributed by atoms with Crippen LogP contribution in [0.1, 0.15) is 4.88 Å². The lowest BCUT2D eigenvalue weighted by Gasteiger charge is -2.23. The normalized spacial score (nSPS) is 16.0. The Morgan fingerprint density at radius 2 is 2.12 bits per heavy atom. The van der Waals surface area contributed by atoms with Crippen molar-refractivity contribution >= 4 is 27.0 Å². The summed E-state index contributed by atoms with van der Waals surface area (Å²) in [5.74, 6) is -0.973. The molecule has 0 fully saturated rings. The molecule has 5 nitrogen and oxygen atoms in total. The van der Waals surface area contributed by atoms with Crippen LogP contribution in [0.2, 0.25) is 0 Å². The van der Waals surface area contributed by atoms with Gasteiger partial charge in [0, 0.05) is 0 Å². The Hall–Kier alpha value is -1.28. The molecule has 94 valence electrons. The van der Waals surface area contributed by atoms with Gasteiger partial charge in [0.15, 0.2) is 0 Å². The van der Waals surface area contributed by atoms with Crippen LogP contribution < -0.4 is 0 Å². The second-order valence-electron chi connectivity index (χ2n) is 2.78. The van der Waals surface area contributed by atoms with Crippen LogP contribution in [0.4, 0.5) is 13.2 Å². The molecular weight excluding hydrogens is 281 g/mol. The zero-order valence-electron chi connectivity index (χ0n) is 7.88. The Labute approximate surface area is 97.6 Å². The Kier molecular flexibility index (Phi) is 3.15. The van der Waals surface area contributed by atoms with Crippen molar-refractivity contribution in [1.82, 2.24) is 0 Å². The van der Waals surface area contributed by atoms with E-state index in [1.54, 1.807) is 0 Å². The van der Waals surface area contributed by atoms with Gasteiger partial charge in [0.05, 0.1) is 4.88 Å². The highest BCUT2D eigenvalue weighted by atomic mass is 32.3. The van der Waals surface area contributed by atoms with E-state index < -0.39 is 21.2 Å². The molecule has 2 N–H and O–H groups in total. The summed E-state index contributed by atoms with van der Waals surface area (Å²) < 4.78 is 67.1. The minimum atomic E-state index is -7.22. The molecule has 0 aliphatic carbocycles. The summed E-state index contributed by atoms with van der Waals surface area (Å²) in [7, 11) is -7.22. The molecule has 0 unspecified atom stereocenters. The van der Waals surface area contributed by atoms with Crippen molar-refractivity contribution in [3.63, 3.8) is 0 Å². The summed E-state index contributed by atoms with van der Waals surface area (Å²) in [5.41, 5.74) is -5.86. The van der Waals surface area contributed by atoms with Crippen LogP contribution in [-0.4, -0.2) is 24.7 Å². The highest BCUT2D eigenvalue weighted by molar-refractivity contribution is 8.09. The van der Waals surface area contributed by atoms with Crippen molar-refractivity contribution in [2.45, 2.75) is 5.51 Å². The standard InChI is InChI=1S/C7H5F3N2O3S2/c1-11-6(5-3-2-4-16-5)12-17(13,14,15)7(8,9)10/h2-4H,(H2,13,14,15). The van der Waals surface area contributed by atoms with Crippen molar-refractivity contribution < 1.29 is 26.5 Å². The third-order valence-electron chi connectivity index (χ3n) is 1.50. The molecule has 0 aliphatic heterocycles. The number of halogens is 3. The lowest BCUT2D eigenvalue weighted by atomic mass is 10.4. The smallest absolute Gasteiger partial charge is 0.359 e. The number of rotatable bonds is 2. The molecule has 0 spiro atoms. The highest BCUT2D eigenvalue weighted by Crippen LogP contribution is 2.40. The molecule has 10 heteroatoms. The molecule has 0 saturated carbocycles. The average Bonchev–Trinajstić information content (AvgIpc) is 2.64. The number of thiophene rings is 1. The quantitative estimate of drug-likeness (QED) is 0.498. The lowest BCUT2D eigenvalue weighted by Crippen LogP contribution is -2.45. The van der Waals surface area contributed by atoms with Crippen molar-refractivity contribution in [2.24, 2.45) is 4.40 Å². The van der Waals surface area contributed by atoms with Gasteiger partial charge in [0.2, 0.25) is 0 Å². The summed E-state index contributed by atoms with van der Waals surface area (Å²) in [6, 6.07) is 2.65. The van der Waals surface area contributed by atoms with Gasteiger partial charge in [0.25, 0.3) is 0 Å². The molecule has 0 amide bonds. The fraction of sp³-hybridized carbons (Fsp3) is 0.143. The number of amidine groups is 1. The van der Waals surface area contributed by atoms with Crippen LogP contribution in [0.25, 0.3) is 4.85 Å². The number of hydrogen-bond acceptors (Lipinski definition) is 2. The fourth-order valence-corrected chi connectivity index (χ4v) is 2.00. The average molecular weight is 286 g/mol. The van der Waals surface area contributed by atoms with Crippen molar-refractivity contribution in [2.75, 3.05) is 0 Å². The second-order valence-corrected chi connectivity index (χ2v) is 6.02. The third-order valence-corrected chi connectivity index (χ3v) is 3.68. The third kappa shape index (κ3) is 2.70. The Balaban J connectivity index is 3.38. The minimum Gasteiger partial charge on any atom is -0.359 e. The van der Waals surface area contributed by atoms with E-state index >= 15 is 0 Å². The maximum absolute atomic E-state index is 12.2. The monoisotopic (exact) mass is 286 g/mol. The molecule has 1 aromatic rings. The first-order valence-electron chi connectivity index (χ1n) is 3.80. The van der Waals surface area contributed by atoms with Crippen molar-refractivity contribution in [1.29, 1.82) is 0 Å². The summed E-state index contributed by atoms with van der Waals surface area (Å²) in [6.45, 7) is 6.60. The van der Waals surface area contributed by atoms with Gasteiger partial charge >= 0.3 is 21.2 Å². The topological polar surface area (TPSA) is 74.2 Å². The summed E-state index contributed by atoms with van der Waals surface area (Å²) in [5, 5.41) is 1.44. The van der Waals surface area contributed by atoms with E-state index in [0.717, 1.165) is 11.3 Å². The van der Waals surface area contributed by atoms with E-state index in [2.05, 4.69) is 9.24 Å². The van der Waals surface area contributed by atoms with Crippen LogP contribution in [0, 0.1) is 6.57 Å². The maximum atomic E-state index is 12.2. The summed E-state index contributed by atoms with van der Waals surface area (Å²) >= 11 is 0.850. The number of alkyl halides is 3. The van der Waals surface area contributed by atoms with E-state index in [9.17, 15) is 17.4 Å². The molecule has 1 rings (SSSR count). The van der Waals surface area contributed by atoms with Gasteiger partial charge in [-0.25, -0.2) is 0 Å². The first-order valence-corrected chi connectivity index (χ1v) is 6.52. The first kappa shape index (κ1) is 13.8. The lowest BCUT2D eigenvalue weighted by molar-refractivity contribution is -0.0644. The van der Waals surface area contributed by atoms with Gasteiger partial charge in [-0.3, -0.25) is 9.11 Å². The summed E-state index contributed by atoms with van der Waals surface area (Å²) in [4.78, 5) is 2.54. The van der Waals surface area contributed by atoms with Crippen molar-refractivity contribution in [3.05, 3.63) is 33.8 Å². The minimum absolute atomic E-state index is 0.0498. The Bertz CT molecular complexity index is 550. The van der Waals surface area contributed by atoms with Gasteiger partial charge < -0.3 is 4.85 Å². The SMILES string of the molecule is [C-]#[N+]C(=NS(=O)(O)(O)C(F)(F)F)c1cccs1. The maximum Gasteiger partial charge on any atom is 0.533 e. The van der Waals surface area contributed by atoms with Gasteiger partial charge in [-0.1, -0.05) is 18.7 Å². The van der Waals surface area contributed by atoms with Crippen LogP contribution in [0.5, 0.6) is 0 Å². The van der Waals surface area contributed by atoms with E-state index in [4.69, 9.17) is 15.7 Å². The largest absolute Gasteiger partial charge is 0.533 e. The highest BCUT2D eigenvalue weighted by Gasteiger charge is 2.63. The molecule has 0 aliphatic rings. The van der Waals surface area contributed by atoms with Gasteiger partial charge in [-0.2, -0.15) is 28.7 Å². The van der Waals surface area contributed by atoms with Crippen LogP contribution >= 0.6 is 11.3 Å². The summed E-state index contributed by atoms with van der Waals surface area (Å²) in [6.07, 6.45) is 0. The predicted octanol–water partition coefficient (Wildman–Crippen LogP) is 2.61. The van der Waals surface area contributed by atoms with Crippen LogP contribution in [0.3, 0.4) is 0 Å². The predicted molar refractivity (Wildman–Crippen MR) is 56.9 cm³/mol. The van der Waals surface area contributed by atoms with Crippen LogP contribution in [0.15, 0.2) is 21.9 Å². The molecule has 1 heterocycles. The van der Waals surface area contributed by atoms with E-state index in [-0.39, 0.29) is 4.88 Å². The molecular formula is C7H5F3N2O3S2. The molecule has 0 bridgehead atoms. The molecule has 0 saturated heterocycles. The van der Waals surface area contributed by atoms with E-state index in [0.29, 0.717) is 0 Å². The zero-order valence-corrected chi connectivity index (χ0v) is 9.51. The van der Waals surface area contributed by atoms with E-state index in [1.807, 2.05) is 0 Å². The van der Waals surface area contributed by atoms with Gasteiger partial charge in [0.1, 0.15) is 0 Å². The zero-order chi connectivity index (χ0) is 13.3. The molecule has 0 atom stereocenters. The number of nitrogens with zero attached hydrogens (tertiary/aromatic N) is 2. The van der Waals surface area contributed by atoms with E-state index in [1.165, 1.54) is 17.5 Å². The number of hydrogen-bond donors (Lipinski definition) is 2. The molecule has 0 radical (unpaired) electrons. The molecule has 17 heavy (non-hydrogen) atoms.